The average molecular weight is 668 g/mol. The highest BCUT2D eigenvalue weighted by molar-refractivity contribution is 5.94. The number of benzene rings is 6. The molecule has 0 radical (unpaired) electrons. The van der Waals surface area contributed by atoms with E-state index >= 15 is 0 Å². The highest BCUT2D eigenvalue weighted by atomic mass is 15.1. The van der Waals surface area contributed by atoms with Crippen molar-refractivity contribution in [3.05, 3.63) is 176 Å². The molecule has 0 N–H and O–H groups in total. The van der Waals surface area contributed by atoms with Gasteiger partial charge in [-0.1, -0.05) is 164 Å². The zero-order valence-corrected chi connectivity index (χ0v) is 27.9. The number of hydrogen-bond donors (Lipinski definition) is 0. The van der Waals surface area contributed by atoms with Crippen molar-refractivity contribution in [1.82, 2.24) is 34.9 Å². The van der Waals surface area contributed by atoms with Crippen LogP contribution in [0, 0.1) is 0 Å². The second-order valence-electron chi connectivity index (χ2n) is 12.2. The first-order chi connectivity index (χ1) is 25.7. The van der Waals surface area contributed by atoms with Crippen molar-refractivity contribution in [2.45, 2.75) is 0 Å². The van der Waals surface area contributed by atoms with Crippen LogP contribution in [0.3, 0.4) is 0 Å². The lowest BCUT2D eigenvalue weighted by Gasteiger charge is -2.12. The summed E-state index contributed by atoms with van der Waals surface area (Å²) < 4.78 is 0. The Labute approximate surface area is 300 Å². The summed E-state index contributed by atoms with van der Waals surface area (Å²) in [6, 6.07) is 58.3. The van der Waals surface area contributed by atoms with Gasteiger partial charge < -0.3 is 0 Å². The van der Waals surface area contributed by atoms with Crippen LogP contribution in [0.15, 0.2) is 176 Å². The van der Waals surface area contributed by atoms with Crippen LogP contribution in [0.4, 0.5) is 0 Å². The summed E-state index contributed by atoms with van der Waals surface area (Å²) in [5.74, 6) is 2.87. The second-order valence-corrected chi connectivity index (χ2v) is 12.2. The van der Waals surface area contributed by atoms with Crippen LogP contribution < -0.4 is 0 Å². The van der Waals surface area contributed by atoms with E-state index in [1.165, 1.54) is 0 Å². The maximum atomic E-state index is 5.06. The van der Waals surface area contributed by atoms with Gasteiger partial charge in [0.25, 0.3) is 0 Å². The molecule has 6 aromatic carbocycles. The fourth-order valence-electron chi connectivity index (χ4n) is 6.16. The topological polar surface area (TPSA) is 90.2 Å². The summed E-state index contributed by atoms with van der Waals surface area (Å²) in [5.41, 5.74) is 8.66. The molecule has 0 unspecified atom stereocenters. The molecule has 9 rings (SSSR count). The third kappa shape index (κ3) is 6.19. The summed E-state index contributed by atoms with van der Waals surface area (Å²) in [6.45, 7) is 0. The van der Waals surface area contributed by atoms with Gasteiger partial charge in [-0.3, -0.25) is 0 Å². The molecular formula is C45H29N7. The monoisotopic (exact) mass is 667 g/mol. The van der Waals surface area contributed by atoms with Crippen LogP contribution in [0.2, 0.25) is 0 Å². The van der Waals surface area contributed by atoms with Crippen molar-refractivity contribution in [2.24, 2.45) is 0 Å². The number of aromatic nitrogens is 7. The summed E-state index contributed by atoms with van der Waals surface area (Å²) >= 11 is 0. The quantitative estimate of drug-likeness (QED) is 0.167. The van der Waals surface area contributed by atoms with Gasteiger partial charge in [0.2, 0.25) is 0 Å². The first-order valence-corrected chi connectivity index (χ1v) is 17.0. The van der Waals surface area contributed by atoms with Gasteiger partial charge in [0.1, 0.15) is 5.69 Å². The van der Waals surface area contributed by atoms with E-state index in [0.29, 0.717) is 34.8 Å². The molecular weight excluding hydrogens is 639 g/mol. The number of hydrogen-bond acceptors (Lipinski definition) is 7. The molecule has 7 heteroatoms. The van der Waals surface area contributed by atoms with E-state index in [1.807, 2.05) is 146 Å². The predicted molar refractivity (Wildman–Crippen MR) is 207 cm³/mol. The first-order valence-electron chi connectivity index (χ1n) is 17.0. The Balaban J connectivity index is 1.18. The summed E-state index contributed by atoms with van der Waals surface area (Å²) in [7, 11) is 0. The molecule has 3 heterocycles. The highest BCUT2D eigenvalue weighted by Gasteiger charge is 2.17. The van der Waals surface area contributed by atoms with E-state index in [9.17, 15) is 0 Å². The van der Waals surface area contributed by atoms with Crippen LogP contribution in [0.1, 0.15) is 0 Å². The fourth-order valence-corrected chi connectivity index (χ4v) is 6.16. The number of nitrogens with zero attached hydrogens (tertiary/aromatic N) is 7. The van der Waals surface area contributed by atoms with Crippen LogP contribution >= 0.6 is 0 Å². The fraction of sp³-hybridized carbons (Fsp3) is 0. The molecule has 0 aliphatic heterocycles. The van der Waals surface area contributed by atoms with Gasteiger partial charge in [0.15, 0.2) is 29.1 Å². The number of fused-ring (bicyclic) bond motifs is 1. The van der Waals surface area contributed by atoms with Gasteiger partial charge in [-0.15, -0.1) is 0 Å². The molecule has 0 saturated carbocycles. The van der Waals surface area contributed by atoms with Crippen molar-refractivity contribution >= 4 is 10.9 Å². The molecule has 7 nitrogen and oxygen atoms in total. The van der Waals surface area contributed by atoms with Crippen molar-refractivity contribution in [1.29, 1.82) is 0 Å². The molecule has 0 atom stereocenters. The van der Waals surface area contributed by atoms with E-state index in [4.69, 9.17) is 34.9 Å². The van der Waals surface area contributed by atoms with Crippen LogP contribution in [-0.2, 0) is 0 Å². The number of para-hydroxylation sites is 1. The third-order valence-corrected chi connectivity index (χ3v) is 8.78. The molecule has 0 aliphatic rings. The van der Waals surface area contributed by atoms with Gasteiger partial charge in [0.05, 0.1) is 16.9 Å². The van der Waals surface area contributed by atoms with E-state index in [-0.39, 0.29) is 0 Å². The van der Waals surface area contributed by atoms with E-state index in [1.54, 1.807) is 0 Å². The Hall–Kier alpha value is -7.25. The Bertz CT molecular complexity index is 2590. The molecule has 0 saturated heterocycles. The molecule has 0 bridgehead atoms. The van der Waals surface area contributed by atoms with Crippen molar-refractivity contribution in [3.8, 4) is 79.6 Å². The third-order valence-electron chi connectivity index (χ3n) is 8.78. The SMILES string of the molecule is c1ccc(-c2nc(-c3ccc(-c4nc(-c5ccccc5)nc5ccccc45)cc3)cc(-c3nc(-c4ccccc4)nc(-c4ccccc4)n3)n2)cc1. The standard InChI is InChI=1S/C45H29N7/c1-5-15-32(16-6-1)41-47-38(29-39(48-41)45-51-43(34-19-9-3-10-20-34)50-44(52-45)35-21-11-4-12-22-35)30-25-27-31(28-26-30)40-36-23-13-14-24-37(36)46-42(49-40)33-17-7-2-8-18-33/h1-29H. The molecule has 0 amide bonds. The van der Waals surface area contributed by atoms with E-state index in [2.05, 4.69) is 30.3 Å². The maximum absolute atomic E-state index is 5.06. The van der Waals surface area contributed by atoms with Gasteiger partial charge in [-0.2, -0.15) is 0 Å². The molecule has 0 fully saturated rings. The number of rotatable bonds is 7. The summed E-state index contributed by atoms with van der Waals surface area (Å²) in [5, 5.41) is 0.990. The molecule has 0 spiro atoms. The molecule has 9 aromatic rings. The Kier molecular flexibility index (Phi) is 8.04. The van der Waals surface area contributed by atoms with Gasteiger partial charge in [-0.25, -0.2) is 34.9 Å². The van der Waals surface area contributed by atoms with Crippen LogP contribution in [0.5, 0.6) is 0 Å². The Morgan fingerprint density at radius 1 is 0.250 bits per heavy atom. The second kappa shape index (κ2) is 13.6. The average Bonchev–Trinajstić information content (AvgIpc) is 3.24. The Morgan fingerprint density at radius 3 is 1.19 bits per heavy atom. The normalized spacial score (nSPS) is 11.1. The zero-order valence-electron chi connectivity index (χ0n) is 27.9. The van der Waals surface area contributed by atoms with Crippen LogP contribution in [0.25, 0.3) is 90.5 Å². The predicted octanol–water partition coefficient (Wildman–Crippen LogP) is 10.3. The van der Waals surface area contributed by atoms with Gasteiger partial charge in [-0.05, 0) is 12.1 Å². The Morgan fingerprint density at radius 2 is 0.654 bits per heavy atom. The van der Waals surface area contributed by atoms with Crippen molar-refractivity contribution in [2.75, 3.05) is 0 Å². The molecule has 0 aliphatic carbocycles. The van der Waals surface area contributed by atoms with Crippen molar-refractivity contribution < 1.29 is 0 Å². The lowest BCUT2D eigenvalue weighted by molar-refractivity contribution is 1.05. The lowest BCUT2D eigenvalue weighted by Crippen LogP contribution is -2.03. The maximum Gasteiger partial charge on any atom is 0.182 e. The van der Waals surface area contributed by atoms with Gasteiger partial charge >= 0.3 is 0 Å². The molecule has 52 heavy (non-hydrogen) atoms. The first kappa shape index (κ1) is 30.8. The largest absolute Gasteiger partial charge is 0.228 e. The minimum atomic E-state index is 0.464. The van der Waals surface area contributed by atoms with Crippen molar-refractivity contribution in [3.63, 3.8) is 0 Å². The van der Waals surface area contributed by atoms with E-state index in [0.717, 1.165) is 55.7 Å². The van der Waals surface area contributed by atoms with Crippen LogP contribution in [-0.4, -0.2) is 34.9 Å². The highest BCUT2D eigenvalue weighted by Crippen LogP contribution is 2.33. The molecule has 244 valence electrons. The minimum Gasteiger partial charge on any atom is -0.228 e. The molecule has 3 aromatic heterocycles. The lowest BCUT2D eigenvalue weighted by atomic mass is 10.0. The smallest absolute Gasteiger partial charge is 0.182 e. The van der Waals surface area contributed by atoms with E-state index < -0.39 is 0 Å². The van der Waals surface area contributed by atoms with Gasteiger partial charge in [0, 0.05) is 38.8 Å². The zero-order chi connectivity index (χ0) is 34.7. The summed E-state index contributed by atoms with van der Waals surface area (Å²) in [4.78, 5) is 34.8. The minimum absolute atomic E-state index is 0.464. The summed E-state index contributed by atoms with van der Waals surface area (Å²) in [6.07, 6.45) is 0.